The summed E-state index contributed by atoms with van der Waals surface area (Å²) in [4.78, 5) is 18.4. The highest BCUT2D eigenvalue weighted by atomic mass is 35.5. The van der Waals surface area contributed by atoms with E-state index in [1.54, 1.807) is 35.5 Å². The predicted octanol–water partition coefficient (Wildman–Crippen LogP) is 2.73. The van der Waals surface area contributed by atoms with Gasteiger partial charge in [0.05, 0.1) is 11.8 Å². The van der Waals surface area contributed by atoms with Gasteiger partial charge in [0.1, 0.15) is 5.69 Å². The van der Waals surface area contributed by atoms with E-state index in [1.165, 1.54) is 0 Å². The first-order valence-electron chi connectivity index (χ1n) is 8.30. The van der Waals surface area contributed by atoms with Gasteiger partial charge in [-0.2, -0.15) is 5.10 Å². The number of carbonyl (C=O) groups excluding carboxylic acids is 1. The van der Waals surface area contributed by atoms with E-state index in [0.717, 1.165) is 11.1 Å². The van der Waals surface area contributed by atoms with E-state index in [9.17, 15) is 9.90 Å². The number of halogens is 1. The van der Waals surface area contributed by atoms with Crippen LogP contribution in [0.25, 0.3) is 11.3 Å². The second-order valence-electron chi connectivity index (χ2n) is 6.34. The van der Waals surface area contributed by atoms with Crippen LogP contribution in [0.15, 0.2) is 54.9 Å². The van der Waals surface area contributed by atoms with Crippen LogP contribution in [-0.2, 0) is 0 Å². The molecule has 0 unspecified atom stereocenters. The molecule has 7 heteroatoms. The third-order valence-electron chi connectivity index (χ3n) is 4.66. The van der Waals surface area contributed by atoms with Crippen molar-refractivity contribution in [2.45, 2.75) is 12.0 Å². The normalized spacial score (nSPS) is 19.7. The molecule has 2 atom stereocenters. The average Bonchev–Trinajstić information content (AvgIpc) is 3.30. The fourth-order valence-corrected chi connectivity index (χ4v) is 3.39. The van der Waals surface area contributed by atoms with E-state index in [-0.39, 0.29) is 18.4 Å². The molecule has 1 aliphatic heterocycles. The van der Waals surface area contributed by atoms with Crippen LogP contribution >= 0.6 is 11.6 Å². The Labute approximate surface area is 155 Å². The van der Waals surface area contributed by atoms with Gasteiger partial charge in [-0.1, -0.05) is 23.7 Å². The maximum Gasteiger partial charge on any atom is 0.271 e. The first kappa shape index (κ1) is 16.8. The molecule has 1 aromatic carbocycles. The van der Waals surface area contributed by atoms with E-state index >= 15 is 0 Å². The van der Waals surface area contributed by atoms with Gasteiger partial charge in [-0.15, -0.1) is 0 Å². The minimum absolute atomic E-state index is 0.126. The van der Waals surface area contributed by atoms with Crippen molar-refractivity contribution in [2.24, 2.45) is 0 Å². The number of rotatable bonds is 3. The number of hydrogen-bond donors (Lipinski definition) is 2. The van der Waals surface area contributed by atoms with Crippen LogP contribution < -0.4 is 0 Å². The van der Waals surface area contributed by atoms with E-state index in [0.29, 0.717) is 23.0 Å². The number of pyridine rings is 1. The second-order valence-corrected chi connectivity index (χ2v) is 6.77. The number of aromatic amines is 1. The number of aromatic nitrogens is 3. The van der Waals surface area contributed by atoms with Crippen LogP contribution in [0.3, 0.4) is 0 Å². The Morgan fingerprint density at radius 1 is 1.15 bits per heavy atom. The first-order chi connectivity index (χ1) is 12.6. The molecule has 0 aliphatic carbocycles. The zero-order valence-electron chi connectivity index (χ0n) is 13.8. The van der Waals surface area contributed by atoms with E-state index in [2.05, 4.69) is 15.2 Å². The van der Waals surface area contributed by atoms with Crippen molar-refractivity contribution in [3.8, 4) is 11.3 Å². The number of likely N-dealkylation sites (tertiary alicyclic amines) is 1. The molecule has 4 rings (SSSR count). The van der Waals surface area contributed by atoms with E-state index in [1.807, 2.05) is 24.3 Å². The van der Waals surface area contributed by atoms with E-state index in [4.69, 9.17) is 11.6 Å². The van der Waals surface area contributed by atoms with Gasteiger partial charge < -0.3 is 10.0 Å². The van der Waals surface area contributed by atoms with Crippen LogP contribution in [0.5, 0.6) is 0 Å². The van der Waals surface area contributed by atoms with Gasteiger partial charge in [-0.25, -0.2) is 0 Å². The molecule has 0 saturated carbocycles. The number of nitrogens with one attached hydrogen (secondary N) is 1. The lowest BCUT2D eigenvalue weighted by molar-refractivity contribution is 0.0759. The average molecular weight is 369 g/mol. The topological polar surface area (TPSA) is 82.1 Å². The molecule has 2 aromatic heterocycles. The van der Waals surface area contributed by atoms with Crippen LogP contribution in [0.1, 0.15) is 22.0 Å². The van der Waals surface area contributed by atoms with Crippen LogP contribution in [0, 0.1) is 0 Å². The summed E-state index contributed by atoms with van der Waals surface area (Å²) in [6.45, 7) is 0.737. The summed E-state index contributed by atoms with van der Waals surface area (Å²) in [7, 11) is 0. The standard InChI is InChI=1S/C19H17ClN4O2/c20-14-3-1-12(2-4-14)15-10-24(11-18(15)25)19(26)17-9-16(22-23-17)13-5-7-21-8-6-13/h1-9,15,18,25H,10-11H2,(H,22,23)/t15-,18+/m0/s1. The third-order valence-corrected chi connectivity index (χ3v) is 4.91. The highest BCUT2D eigenvalue weighted by Crippen LogP contribution is 2.29. The summed E-state index contributed by atoms with van der Waals surface area (Å²) < 4.78 is 0. The molecular weight excluding hydrogens is 352 g/mol. The number of aliphatic hydroxyl groups excluding tert-OH is 1. The molecule has 3 aromatic rings. The van der Waals surface area contributed by atoms with Crippen molar-refractivity contribution in [3.05, 3.63) is 71.1 Å². The van der Waals surface area contributed by atoms with E-state index < -0.39 is 6.10 Å². The fourth-order valence-electron chi connectivity index (χ4n) is 3.26. The number of amides is 1. The largest absolute Gasteiger partial charge is 0.391 e. The zero-order valence-corrected chi connectivity index (χ0v) is 14.6. The molecule has 0 spiro atoms. The van der Waals surface area contributed by atoms with Crippen LogP contribution in [0.2, 0.25) is 5.02 Å². The Hall–Kier alpha value is -2.70. The Kier molecular flexibility index (Phi) is 4.44. The number of benzene rings is 1. The Balaban J connectivity index is 1.51. The lowest BCUT2D eigenvalue weighted by atomic mass is 9.96. The summed E-state index contributed by atoms with van der Waals surface area (Å²) >= 11 is 5.92. The summed E-state index contributed by atoms with van der Waals surface area (Å²) in [6, 6.07) is 12.8. The number of carbonyl (C=O) groups is 1. The summed E-state index contributed by atoms with van der Waals surface area (Å²) in [5.41, 5.74) is 2.94. The summed E-state index contributed by atoms with van der Waals surface area (Å²) in [6.07, 6.45) is 2.75. The minimum atomic E-state index is -0.609. The summed E-state index contributed by atoms with van der Waals surface area (Å²) in [5, 5.41) is 18.1. The molecule has 0 radical (unpaired) electrons. The van der Waals surface area contributed by atoms with Crippen LogP contribution in [0.4, 0.5) is 0 Å². The van der Waals surface area contributed by atoms with Crippen molar-refractivity contribution in [1.82, 2.24) is 20.1 Å². The SMILES string of the molecule is O=C(c1cc(-c2ccncc2)n[nH]1)N1C[C@@H](O)[C@H](c2ccc(Cl)cc2)C1. The van der Waals surface area contributed by atoms with Crippen molar-refractivity contribution in [2.75, 3.05) is 13.1 Å². The molecule has 3 heterocycles. The predicted molar refractivity (Wildman–Crippen MR) is 97.9 cm³/mol. The van der Waals surface area contributed by atoms with Crippen LogP contribution in [-0.4, -0.2) is 50.3 Å². The highest BCUT2D eigenvalue weighted by molar-refractivity contribution is 6.30. The molecule has 1 amide bonds. The molecule has 26 heavy (non-hydrogen) atoms. The molecular formula is C19H17ClN4O2. The number of nitrogens with zero attached hydrogens (tertiary/aromatic N) is 3. The lowest BCUT2D eigenvalue weighted by Crippen LogP contribution is -2.29. The number of aliphatic hydroxyl groups is 1. The van der Waals surface area contributed by atoms with Crippen molar-refractivity contribution in [3.63, 3.8) is 0 Å². The third kappa shape index (κ3) is 3.21. The number of H-pyrrole nitrogens is 1. The summed E-state index contributed by atoms with van der Waals surface area (Å²) in [5.74, 6) is -0.299. The molecule has 132 valence electrons. The van der Waals surface area contributed by atoms with Gasteiger partial charge in [0, 0.05) is 42.0 Å². The Bertz CT molecular complexity index is 911. The second kappa shape index (κ2) is 6.90. The van der Waals surface area contributed by atoms with Crippen molar-refractivity contribution in [1.29, 1.82) is 0 Å². The minimum Gasteiger partial charge on any atom is -0.391 e. The van der Waals surface area contributed by atoms with Gasteiger partial charge in [-0.3, -0.25) is 14.9 Å². The lowest BCUT2D eigenvalue weighted by Gasteiger charge is -2.15. The Morgan fingerprint density at radius 2 is 1.88 bits per heavy atom. The number of β-amino-alcohol motifs (C(OH)–C–C–N with tert-alkyl or cyclic N) is 1. The van der Waals surface area contributed by atoms with Crippen molar-refractivity contribution >= 4 is 17.5 Å². The zero-order chi connectivity index (χ0) is 18.1. The molecule has 1 aliphatic rings. The van der Waals surface area contributed by atoms with Gasteiger partial charge in [0.15, 0.2) is 0 Å². The highest BCUT2D eigenvalue weighted by Gasteiger charge is 2.35. The Morgan fingerprint density at radius 3 is 2.62 bits per heavy atom. The monoisotopic (exact) mass is 368 g/mol. The maximum absolute atomic E-state index is 12.8. The molecule has 0 bridgehead atoms. The number of hydrogen-bond acceptors (Lipinski definition) is 4. The van der Waals surface area contributed by atoms with Gasteiger partial charge in [0.25, 0.3) is 5.91 Å². The molecule has 1 fully saturated rings. The van der Waals surface area contributed by atoms with Gasteiger partial charge in [0.2, 0.25) is 0 Å². The first-order valence-corrected chi connectivity index (χ1v) is 8.68. The molecule has 1 saturated heterocycles. The fraction of sp³-hybridized carbons (Fsp3) is 0.211. The van der Waals surface area contributed by atoms with Gasteiger partial charge in [-0.05, 0) is 35.9 Å². The molecule has 2 N–H and O–H groups in total. The smallest absolute Gasteiger partial charge is 0.271 e. The molecule has 6 nitrogen and oxygen atoms in total. The van der Waals surface area contributed by atoms with Gasteiger partial charge >= 0.3 is 0 Å². The van der Waals surface area contributed by atoms with Crippen molar-refractivity contribution < 1.29 is 9.90 Å². The quantitative estimate of drug-likeness (QED) is 0.744. The maximum atomic E-state index is 12.8.